The molecule has 0 aliphatic heterocycles. The van der Waals surface area contributed by atoms with Gasteiger partial charge in [0, 0.05) is 35.2 Å². The van der Waals surface area contributed by atoms with Crippen molar-refractivity contribution in [3.8, 4) is 0 Å². The van der Waals surface area contributed by atoms with Crippen LogP contribution >= 0.6 is 11.6 Å². The molecule has 5 nitrogen and oxygen atoms in total. The normalized spacial score (nSPS) is 11.7. The molecule has 2 aromatic carbocycles. The predicted molar refractivity (Wildman–Crippen MR) is 118 cm³/mol. The summed E-state index contributed by atoms with van der Waals surface area (Å²) in [5.74, 6) is -0.784. The molecule has 0 fully saturated rings. The van der Waals surface area contributed by atoms with Gasteiger partial charge in [-0.05, 0) is 45.0 Å². The molecule has 3 aromatic rings. The standard InChI is InChI=1S/C23H24ClN3O2/c1-4-27-14-16(17-9-6-8-12-21(17)27)13-20(23(29)25-15(2)3)26-22(28)18-10-5-7-11-19(18)24/h5-15H,4H2,1-3H3,(H,25,29)(H,26,28). The highest BCUT2D eigenvalue weighted by atomic mass is 35.5. The summed E-state index contributed by atoms with van der Waals surface area (Å²) in [7, 11) is 0. The molecule has 2 N–H and O–H groups in total. The number of amides is 2. The molecule has 0 atom stereocenters. The van der Waals surface area contributed by atoms with Crippen molar-refractivity contribution in [2.24, 2.45) is 0 Å². The fourth-order valence-electron chi connectivity index (χ4n) is 3.14. The third kappa shape index (κ3) is 4.69. The molecule has 0 radical (unpaired) electrons. The van der Waals surface area contributed by atoms with E-state index in [-0.39, 0.29) is 17.6 Å². The summed E-state index contributed by atoms with van der Waals surface area (Å²) in [6, 6.07) is 14.6. The van der Waals surface area contributed by atoms with Gasteiger partial charge in [0.1, 0.15) is 5.70 Å². The lowest BCUT2D eigenvalue weighted by Crippen LogP contribution is -2.38. The maximum absolute atomic E-state index is 12.8. The lowest BCUT2D eigenvalue weighted by atomic mass is 10.1. The zero-order valence-electron chi connectivity index (χ0n) is 16.7. The lowest BCUT2D eigenvalue weighted by Gasteiger charge is -2.13. The molecule has 150 valence electrons. The van der Waals surface area contributed by atoms with Gasteiger partial charge in [-0.25, -0.2) is 0 Å². The van der Waals surface area contributed by atoms with Crippen LogP contribution < -0.4 is 10.6 Å². The largest absolute Gasteiger partial charge is 0.349 e. The second-order valence-electron chi connectivity index (χ2n) is 7.01. The fourth-order valence-corrected chi connectivity index (χ4v) is 3.36. The number of para-hydroxylation sites is 1. The minimum Gasteiger partial charge on any atom is -0.349 e. The van der Waals surface area contributed by atoms with Gasteiger partial charge in [-0.15, -0.1) is 0 Å². The molecule has 6 heteroatoms. The first-order chi connectivity index (χ1) is 13.9. The van der Waals surface area contributed by atoms with Crippen molar-refractivity contribution in [2.75, 3.05) is 0 Å². The molecule has 0 aliphatic carbocycles. The SMILES string of the molecule is CCn1cc(C=C(NC(=O)c2ccccc2Cl)C(=O)NC(C)C)c2ccccc21. The second-order valence-corrected chi connectivity index (χ2v) is 7.41. The molecular weight excluding hydrogens is 386 g/mol. The number of aromatic nitrogens is 1. The van der Waals surface area contributed by atoms with Gasteiger partial charge >= 0.3 is 0 Å². The first-order valence-corrected chi connectivity index (χ1v) is 9.94. The fraction of sp³-hybridized carbons (Fsp3) is 0.217. The van der Waals surface area contributed by atoms with Gasteiger partial charge in [-0.1, -0.05) is 41.9 Å². The Kier molecular flexibility index (Phi) is 6.39. The zero-order valence-corrected chi connectivity index (χ0v) is 17.5. The van der Waals surface area contributed by atoms with Crippen molar-refractivity contribution in [2.45, 2.75) is 33.4 Å². The van der Waals surface area contributed by atoms with E-state index < -0.39 is 5.91 Å². The summed E-state index contributed by atoms with van der Waals surface area (Å²) in [5.41, 5.74) is 2.41. The maximum Gasteiger partial charge on any atom is 0.268 e. The molecule has 2 amide bonds. The number of rotatable bonds is 6. The van der Waals surface area contributed by atoms with Crippen molar-refractivity contribution in [3.05, 3.63) is 76.6 Å². The number of hydrogen-bond donors (Lipinski definition) is 2. The van der Waals surface area contributed by atoms with Crippen LogP contribution in [-0.4, -0.2) is 22.4 Å². The predicted octanol–water partition coefficient (Wildman–Crippen LogP) is 4.61. The average molecular weight is 410 g/mol. The summed E-state index contributed by atoms with van der Waals surface area (Å²) in [4.78, 5) is 25.5. The van der Waals surface area contributed by atoms with Crippen LogP contribution in [0.5, 0.6) is 0 Å². The van der Waals surface area contributed by atoms with Gasteiger partial charge in [-0.3, -0.25) is 9.59 Å². The van der Waals surface area contributed by atoms with Crippen LogP contribution in [0.1, 0.15) is 36.7 Å². The van der Waals surface area contributed by atoms with Gasteiger partial charge in [-0.2, -0.15) is 0 Å². The molecule has 0 spiro atoms. The molecule has 0 unspecified atom stereocenters. The van der Waals surface area contributed by atoms with Crippen molar-refractivity contribution in [1.29, 1.82) is 0 Å². The van der Waals surface area contributed by atoms with E-state index in [1.807, 2.05) is 44.3 Å². The van der Waals surface area contributed by atoms with Crippen molar-refractivity contribution in [1.82, 2.24) is 15.2 Å². The average Bonchev–Trinajstić information content (AvgIpc) is 3.05. The van der Waals surface area contributed by atoms with Gasteiger partial charge < -0.3 is 15.2 Å². The lowest BCUT2D eigenvalue weighted by molar-refractivity contribution is -0.118. The number of fused-ring (bicyclic) bond motifs is 1. The minimum absolute atomic E-state index is 0.0694. The summed E-state index contributed by atoms with van der Waals surface area (Å²) >= 11 is 6.14. The summed E-state index contributed by atoms with van der Waals surface area (Å²) in [6.07, 6.45) is 3.69. The topological polar surface area (TPSA) is 63.1 Å². The van der Waals surface area contributed by atoms with Gasteiger partial charge in [0.05, 0.1) is 10.6 Å². The minimum atomic E-state index is -0.431. The van der Waals surface area contributed by atoms with Crippen LogP contribution in [-0.2, 0) is 11.3 Å². The Labute approximate surface area is 175 Å². The first-order valence-electron chi connectivity index (χ1n) is 9.57. The van der Waals surface area contributed by atoms with Crippen LogP contribution in [0.25, 0.3) is 17.0 Å². The number of carbonyl (C=O) groups is 2. The Morgan fingerprint density at radius 1 is 1.10 bits per heavy atom. The van der Waals surface area contributed by atoms with Gasteiger partial charge in [0.15, 0.2) is 0 Å². The third-order valence-corrected chi connectivity index (χ3v) is 4.82. The quantitative estimate of drug-likeness (QED) is 0.584. The van der Waals surface area contributed by atoms with Crippen LogP contribution in [0, 0.1) is 0 Å². The van der Waals surface area contributed by atoms with E-state index in [1.54, 1.807) is 30.3 Å². The number of halogens is 1. The van der Waals surface area contributed by atoms with Crippen LogP contribution in [0.3, 0.4) is 0 Å². The monoisotopic (exact) mass is 409 g/mol. The highest BCUT2D eigenvalue weighted by molar-refractivity contribution is 6.34. The first kappa shape index (κ1) is 20.7. The smallest absolute Gasteiger partial charge is 0.268 e. The summed E-state index contributed by atoms with van der Waals surface area (Å²) in [6.45, 7) is 6.60. The zero-order chi connectivity index (χ0) is 21.0. The van der Waals surface area contributed by atoms with E-state index in [0.29, 0.717) is 10.6 Å². The Hall–Kier alpha value is -3.05. The van der Waals surface area contributed by atoms with Crippen molar-refractivity contribution >= 4 is 40.4 Å². The molecular formula is C23H24ClN3O2. The van der Waals surface area contributed by atoms with E-state index >= 15 is 0 Å². The van der Waals surface area contributed by atoms with Crippen molar-refractivity contribution < 1.29 is 9.59 Å². The van der Waals surface area contributed by atoms with E-state index in [0.717, 1.165) is 23.0 Å². The maximum atomic E-state index is 12.8. The number of nitrogens with zero attached hydrogens (tertiary/aromatic N) is 1. The van der Waals surface area contributed by atoms with E-state index in [9.17, 15) is 9.59 Å². The van der Waals surface area contributed by atoms with E-state index in [4.69, 9.17) is 11.6 Å². The Morgan fingerprint density at radius 2 is 1.79 bits per heavy atom. The van der Waals surface area contributed by atoms with Gasteiger partial charge in [0.2, 0.25) is 0 Å². The molecule has 1 heterocycles. The molecule has 0 saturated carbocycles. The summed E-state index contributed by atoms with van der Waals surface area (Å²) in [5, 5.41) is 6.92. The van der Waals surface area contributed by atoms with Gasteiger partial charge in [0.25, 0.3) is 11.8 Å². The van der Waals surface area contributed by atoms with Crippen LogP contribution in [0.15, 0.2) is 60.4 Å². The number of carbonyl (C=O) groups excluding carboxylic acids is 2. The molecule has 29 heavy (non-hydrogen) atoms. The second kappa shape index (κ2) is 8.97. The molecule has 0 aliphatic rings. The molecule has 0 saturated heterocycles. The molecule has 1 aromatic heterocycles. The van der Waals surface area contributed by atoms with E-state index in [1.165, 1.54) is 0 Å². The van der Waals surface area contributed by atoms with Crippen LogP contribution in [0.2, 0.25) is 5.02 Å². The molecule has 3 rings (SSSR count). The summed E-state index contributed by atoms with van der Waals surface area (Å²) < 4.78 is 2.11. The Bertz CT molecular complexity index is 1080. The highest BCUT2D eigenvalue weighted by Gasteiger charge is 2.18. The molecule has 0 bridgehead atoms. The van der Waals surface area contributed by atoms with Crippen LogP contribution in [0.4, 0.5) is 0 Å². The van der Waals surface area contributed by atoms with Crippen molar-refractivity contribution in [3.63, 3.8) is 0 Å². The number of aryl methyl sites for hydroxylation is 1. The number of hydrogen-bond acceptors (Lipinski definition) is 2. The Balaban J connectivity index is 2.03. The third-order valence-electron chi connectivity index (χ3n) is 4.49. The Morgan fingerprint density at radius 3 is 2.48 bits per heavy atom. The number of benzene rings is 2. The number of nitrogens with one attached hydrogen (secondary N) is 2. The highest BCUT2D eigenvalue weighted by Crippen LogP contribution is 2.23. The van der Waals surface area contributed by atoms with E-state index in [2.05, 4.69) is 22.1 Å².